The molecule has 0 spiro atoms. The minimum atomic E-state index is 0.204. The van der Waals surface area contributed by atoms with Crippen LogP contribution in [0.1, 0.15) is 37.0 Å². The summed E-state index contributed by atoms with van der Waals surface area (Å²) in [7, 11) is 0. The van der Waals surface area contributed by atoms with Crippen molar-refractivity contribution < 1.29 is 4.79 Å². The number of ketones is 1. The van der Waals surface area contributed by atoms with E-state index in [-0.39, 0.29) is 5.78 Å². The normalized spacial score (nSPS) is 11.3. The van der Waals surface area contributed by atoms with Crippen molar-refractivity contribution in [1.82, 2.24) is 9.88 Å². The number of nitrogens with zero attached hydrogens (tertiary/aromatic N) is 1. The molecule has 1 heterocycles. The standard InChI is InChI=1S/C16H22N2O/c1-3-5-10-18(4-2)12-16(19)14-11-17-15-9-7-6-8-13(14)15/h6-9,11,17H,3-5,10,12H2,1-2H3. The molecule has 0 atom stereocenters. The average molecular weight is 258 g/mol. The molecule has 1 aromatic carbocycles. The minimum absolute atomic E-state index is 0.204. The van der Waals surface area contributed by atoms with Crippen LogP contribution in [0.25, 0.3) is 10.9 Å². The monoisotopic (exact) mass is 258 g/mol. The van der Waals surface area contributed by atoms with E-state index in [0.717, 1.165) is 42.4 Å². The molecule has 3 heteroatoms. The van der Waals surface area contributed by atoms with Crippen LogP contribution < -0.4 is 0 Å². The Balaban J connectivity index is 2.10. The molecular weight excluding hydrogens is 236 g/mol. The molecule has 0 bridgehead atoms. The van der Waals surface area contributed by atoms with Gasteiger partial charge in [-0.3, -0.25) is 9.69 Å². The number of hydrogen-bond donors (Lipinski definition) is 1. The van der Waals surface area contributed by atoms with Crippen molar-refractivity contribution in [1.29, 1.82) is 0 Å². The van der Waals surface area contributed by atoms with Gasteiger partial charge in [0.2, 0.25) is 0 Å². The van der Waals surface area contributed by atoms with Crippen LogP contribution in [-0.4, -0.2) is 35.3 Å². The Labute approximate surface area is 114 Å². The Bertz CT molecular complexity index is 544. The van der Waals surface area contributed by atoms with E-state index in [2.05, 4.69) is 23.7 Å². The Morgan fingerprint density at radius 3 is 2.79 bits per heavy atom. The third-order valence-electron chi connectivity index (χ3n) is 3.53. The van der Waals surface area contributed by atoms with E-state index in [1.807, 2.05) is 30.5 Å². The van der Waals surface area contributed by atoms with Crippen LogP contribution in [0.4, 0.5) is 0 Å². The third-order valence-corrected chi connectivity index (χ3v) is 3.53. The first kappa shape index (κ1) is 13.8. The fourth-order valence-corrected chi connectivity index (χ4v) is 2.32. The van der Waals surface area contributed by atoms with Crippen molar-refractivity contribution in [2.45, 2.75) is 26.7 Å². The van der Waals surface area contributed by atoms with Gasteiger partial charge in [-0.15, -0.1) is 0 Å². The highest BCUT2D eigenvalue weighted by atomic mass is 16.1. The molecule has 1 aromatic heterocycles. The lowest BCUT2D eigenvalue weighted by atomic mass is 10.1. The van der Waals surface area contributed by atoms with E-state index in [1.54, 1.807) is 0 Å². The number of hydrogen-bond acceptors (Lipinski definition) is 2. The van der Waals surface area contributed by atoms with E-state index in [1.165, 1.54) is 0 Å². The number of rotatable bonds is 7. The van der Waals surface area contributed by atoms with Crippen molar-refractivity contribution in [2.24, 2.45) is 0 Å². The number of benzene rings is 1. The van der Waals surface area contributed by atoms with Crippen LogP contribution in [0.2, 0.25) is 0 Å². The second-order valence-corrected chi connectivity index (χ2v) is 4.89. The lowest BCUT2D eigenvalue weighted by molar-refractivity contribution is 0.0934. The molecule has 0 radical (unpaired) electrons. The summed E-state index contributed by atoms with van der Waals surface area (Å²) in [4.78, 5) is 17.8. The molecule has 0 amide bonds. The molecule has 19 heavy (non-hydrogen) atoms. The van der Waals surface area contributed by atoms with Gasteiger partial charge in [0, 0.05) is 22.7 Å². The van der Waals surface area contributed by atoms with Crippen molar-refractivity contribution >= 4 is 16.7 Å². The Hall–Kier alpha value is -1.61. The van der Waals surface area contributed by atoms with Crippen LogP contribution in [0.5, 0.6) is 0 Å². The lowest BCUT2D eigenvalue weighted by Gasteiger charge is -2.18. The molecule has 0 unspecified atom stereocenters. The summed E-state index contributed by atoms with van der Waals surface area (Å²) in [6.07, 6.45) is 4.15. The summed E-state index contributed by atoms with van der Waals surface area (Å²) >= 11 is 0. The predicted molar refractivity (Wildman–Crippen MR) is 79.7 cm³/mol. The number of para-hydroxylation sites is 1. The molecule has 0 saturated heterocycles. The molecule has 1 N–H and O–H groups in total. The van der Waals surface area contributed by atoms with Crippen LogP contribution in [0, 0.1) is 0 Å². The summed E-state index contributed by atoms with van der Waals surface area (Å²) in [6.45, 7) is 6.72. The van der Waals surface area contributed by atoms with Gasteiger partial charge in [-0.1, -0.05) is 38.5 Å². The quantitative estimate of drug-likeness (QED) is 0.772. The van der Waals surface area contributed by atoms with Gasteiger partial charge in [0.25, 0.3) is 0 Å². The molecule has 3 nitrogen and oxygen atoms in total. The Morgan fingerprint density at radius 1 is 1.26 bits per heavy atom. The topological polar surface area (TPSA) is 36.1 Å². The number of fused-ring (bicyclic) bond motifs is 1. The fraction of sp³-hybridized carbons (Fsp3) is 0.438. The number of H-pyrrole nitrogens is 1. The maximum absolute atomic E-state index is 12.4. The second-order valence-electron chi connectivity index (χ2n) is 4.89. The van der Waals surface area contributed by atoms with E-state index >= 15 is 0 Å². The van der Waals surface area contributed by atoms with Crippen LogP contribution >= 0.6 is 0 Å². The number of carbonyl (C=O) groups excluding carboxylic acids is 1. The number of Topliss-reactive ketones (excluding diaryl/α,β-unsaturated/α-hetero) is 1. The van der Waals surface area contributed by atoms with E-state index in [0.29, 0.717) is 6.54 Å². The average Bonchev–Trinajstić information content (AvgIpc) is 2.87. The zero-order valence-corrected chi connectivity index (χ0v) is 11.8. The molecule has 102 valence electrons. The molecule has 0 fully saturated rings. The van der Waals surface area contributed by atoms with Gasteiger partial charge in [0.1, 0.15) is 0 Å². The summed E-state index contributed by atoms with van der Waals surface area (Å²) < 4.78 is 0. The van der Waals surface area contributed by atoms with E-state index in [9.17, 15) is 4.79 Å². The van der Waals surface area contributed by atoms with Gasteiger partial charge in [0.05, 0.1) is 6.54 Å². The first-order chi connectivity index (χ1) is 9.26. The summed E-state index contributed by atoms with van der Waals surface area (Å²) in [5, 5.41) is 1.03. The third kappa shape index (κ3) is 3.24. The SMILES string of the molecule is CCCCN(CC)CC(=O)c1c[nH]c2ccccc12. The van der Waals surface area contributed by atoms with Crippen molar-refractivity contribution in [2.75, 3.05) is 19.6 Å². The summed E-state index contributed by atoms with van der Waals surface area (Å²) in [5.41, 5.74) is 1.84. The molecule has 0 aliphatic carbocycles. The first-order valence-corrected chi connectivity index (χ1v) is 7.08. The zero-order valence-electron chi connectivity index (χ0n) is 11.8. The van der Waals surface area contributed by atoms with E-state index in [4.69, 9.17) is 0 Å². The van der Waals surface area contributed by atoms with Crippen molar-refractivity contribution in [3.05, 3.63) is 36.0 Å². The Kier molecular flexibility index (Phi) is 4.74. The maximum atomic E-state index is 12.4. The van der Waals surface area contributed by atoms with Gasteiger partial charge >= 0.3 is 0 Å². The van der Waals surface area contributed by atoms with Crippen molar-refractivity contribution in [3.63, 3.8) is 0 Å². The summed E-state index contributed by atoms with van der Waals surface area (Å²) in [5.74, 6) is 0.204. The molecular formula is C16H22N2O. The number of carbonyl (C=O) groups is 1. The van der Waals surface area contributed by atoms with Crippen LogP contribution in [-0.2, 0) is 0 Å². The second kappa shape index (κ2) is 6.53. The highest BCUT2D eigenvalue weighted by Crippen LogP contribution is 2.18. The highest BCUT2D eigenvalue weighted by molar-refractivity contribution is 6.08. The predicted octanol–water partition coefficient (Wildman–Crippen LogP) is 3.47. The fourth-order valence-electron chi connectivity index (χ4n) is 2.32. The number of likely N-dealkylation sites (N-methyl/N-ethyl adjacent to an activating group) is 1. The highest BCUT2D eigenvalue weighted by Gasteiger charge is 2.14. The van der Waals surface area contributed by atoms with E-state index < -0.39 is 0 Å². The smallest absolute Gasteiger partial charge is 0.178 e. The minimum Gasteiger partial charge on any atom is -0.360 e. The van der Waals surface area contributed by atoms with Gasteiger partial charge in [-0.2, -0.15) is 0 Å². The first-order valence-electron chi connectivity index (χ1n) is 7.08. The van der Waals surface area contributed by atoms with Crippen LogP contribution in [0.3, 0.4) is 0 Å². The molecule has 2 aromatic rings. The Morgan fingerprint density at radius 2 is 2.05 bits per heavy atom. The zero-order chi connectivity index (χ0) is 13.7. The molecule has 0 saturated carbocycles. The lowest BCUT2D eigenvalue weighted by Crippen LogP contribution is -2.30. The van der Waals surface area contributed by atoms with Gasteiger partial charge in [-0.05, 0) is 25.6 Å². The van der Waals surface area contributed by atoms with Gasteiger partial charge in [0.15, 0.2) is 5.78 Å². The number of unbranched alkanes of at least 4 members (excludes halogenated alkanes) is 1. The number of aromatic amines is 1. The number of nitrogens with one attached hydrogen (secondary N) is 1. The van der Waals surface area contributed by atoms with Gasteiger partial charge < -0.3 is 4.98 Å². The molecule has 0 aliphatic heterocycles. The van der Waals surface area contributed by atoms with Crippen molar-refractivity contribution in [3.8, 4) is 0 Å². The van der Waals surface area contributed by atoms with Gasteiger partial charge in [-0.25, -0.2) is 0 Å². The van der Waals surface area contributed by atoms with Crippen LogP contribution in [0.15, 0.2) is 30.5 Å². The largest absolute Gasteiger partial charge is 0.360 e. The molecule has 0 aliphatic rings. The number of aromatic nitrogens is 1. The molecule has 2 rings (SSSR count). The summed E-state index contributed by atoms with van der Waals surface area (Å²) in [6, 6.07) is 7.95. The maximum Gasteiger partial charge on any atom is 0.178 e.